The second-order valence-electron chi connectivity index (χ2n) is 10.5. The van der Waals surface area contributed by atoms with E-state index >= 15 is 0 Å². The van der Waals surface area contributed by atoms with Gasteiger partial charge in [-0.2, -0.15) is 29.5 Å². The maximum Gasteiger partial charge on any atom is 0.107 e. The van der Waals surface area contributed by atoms with E-state index in [1.54, 1.807) is 33.8 Å². The van der Waals surface area contributed by atoms with Crippen LogP contribution in [0.3, 0.4) is 0 Å². The van der Waals surface area contributed by atoms with Crippen LogP contribution >= 0.6 is 22.7 Å². The van der Waals surface area contributed by atoms with Crippen molar-refractivity contribution in [1.82, 2.24) is 9.88 Å². The first kappa shape index (κ1) is 23.5. The van der Waals surface area contributed by atoms with E-state index in [9.17, 15) is 0 Å². The molecule has 0 fully saturated rings. The van der Waals surface area contributed by atoms with Crippen molar-refractivity contribution in [2.45, 2.75) is 26.2 Å². The number of aromatic nitrogens is 1. The summed E-state index contributed by atoms with van der Waals surface area (Å²) in [5, 5.41) is 4.00. The zero-order valence-corrected chi connectivity index (χ0v) is 25.9. The number of anilines is 1. The fraction of sp³-hybridized carbons (Fsp3) is 0.152. The minimum Gasteiger partial charge on any atom is -0.510 e. The van der Waals surface area contributed by atoms with Gasteiger partial charge in [-0.05, 0) is 59.3 Å². The van der Waals surface area contributed by atoms with Gasteiger partial charge in [-0.15, -0.1) is 41.3 Å². The number of rotatable bonds is 4. The Labute approximate surface area is 261 Å². The third-order valence-electron chi connectivity index (χ3n) is 6.81. The van der Waals surface area contributed by atoms with Gasteiger partial charge in [0.2, 0.25) is 0 Å². The van der Waals surface area contributed by atoms with E-state index in [4.69, 9.17) is 13.8 Å². The molecule has 0 N–H and O–H groups in total. The second kappa shape index (κ2) is 10.3. The number of pyridine rings is 1. The third-order valence-corrected chi connectivity index (χ3v) is 8.84. The molecule has 0 atom stereocenters. The van der Waals surface area contributed by atoms with Crippen molar-refractivity contribution in [1.29, 1.82) is 0 Å². The van der Waals surface area contributed by atoms with Crippen molar-refractivity contribution in [2.75, 3.05) is 11.9 Å². The van der Waals surface area contributed by atoms with Crippen molar-refractivity contribution >= 4 is 58.6 Å². The summed E-state index contributed by atoms with van der Waals surface area (Å²) in [5.41, 5.74) is 3.87. The molecular formula is C33H26N3OPtS2-3. The molecule has 0 spiro atoms. The Kier molecular flexibility index (Phi) is 6.08. The van der Waals surface area contributed by atoms with Crippen LogP contribution in [0.4, 0.5) is 5.69 Å². The molecule has 0 saturated carbocycles. The van der Waals surface area contributed by atoms with Gasteiger partial charge in [0.05, 0.1) is 0 Å². The molecule has 0 saturated heterocycles. The molecule has 3 aromatic carbocycles. The molecule has 4 nitrogen and oxygen atoms in total. The number of hydrogen-bond donors (Lipinski definition) is 0. The zero-order chi connectivity index (χ0) is 29.2. The molecule has 0 aliphatic carbocycles. The Morgan fingerprint density at radius 2 is 1.82 bits per heavy atom. The average Bonchev–Trinajstić information content (AvgIpc) is 3.68. The van der Waals surface area contributed by atoms with E-state index in [1.807, 2.05) is 24.4 Å². The molecular weight excluding hydrogens is 714 g/mol. The minimum atomic E-state index is -2.25. The van der Waals surface area contributed by atoms with Crippen molar-refractivity contribution in [2.24, 2.45) is 0 Å². The summed E-state index contributed by atoms with van der Waals surface area (Å²) in [6.07, 6.45) is 5.11. The molecule has 7 heteroatoms. The fourth-order valence-electron chi connectivity index (χ4n) is 4.88. The number of ether oxygens (including phenoxy) is 1. The number of hydrogen-bond acceptors (Lipinski definition) is 6. The molecule has 0 amide bonds. The first-order valence-electron chi connectivity index (χ1n) is 14.1. The van der Waals surface area contributed by atoms with E-state index in [1.165, 1.54) is 43.5 Å². The first-order valence-corrected chi connectivity index (χ1v) is 14.3. The van der Waals surface area contributed by atoms with E-state index < -0.39 is 6.98 Å². The van der Waals surface area contributed by atoms with E-state index in [0.29, 0.717) is 16.5 Å². The monoisotopic (exact) mass is 742 g/mol. The number of fused-ring (bicyclic) bond motifs is 4. The summed E-state index contributed by atoms with van der Waals surface area (Å²) in [6.45, 7) is 5.92. The van der Waals surface area contributed by atoms with Gasteiger partial charge < -0.3 is 14.5 Å². The molecule has 1 aliphatic rings. The summed E-state index contributed by atoms with van der Waals surface area (Å²) < 4.78 is 32.8. The summed E-state index contributed by atoms with van der Waals surface area (Å²) in [7, 11) is 0. The molecule has 3 aromatic heterocycles. The molecule has 4 heterocycles. The van der Waals surface area contributed by atoms with Gasteiger partial charge in [0.15, 0.2) is 0 Å². The zero-order valence-electron chi connectivity index (χ0n) is 25.0. The average molecular weight is 743 g/mol. The predicted molar refractivity (Wildman–Crippen MR) is 165 cm³/mol. The van der Waals surface area contributed by atoms with Crippen molar-refractivity contribution < 1.29 is 29.9 Å². The van der Waals surface area contributed by atoms with Gasteiger partial charge in [-0.1, -0.05) is 55.3 Å². The molecule has 1 aliphatic heterocycles. The minimum absolute atomic E-state index is 0. The topological polar surface area (TPSA) is 28.6 Å². The maximum atomic E-state index is 7.64. The van der Waals surface area contributed by atoms with Gasteiger partial charge in [-0.25, -0.2) is 0 Å². The summed E-state index contributed by atoms with van der Waals surface area (Å²) >= 11 is 3.33. The van der Waals surface area contributed by atoms with Gasteiger partial charge in [0.1, 0.15) is 5.06 Å². The largest absolute Gasteiger partial charge is 0.510 e. The van der Waals surface area contributed by atoms with Crippen LogP contribution in [0.1, 0.15) is 30.4 Å². The van der Waals surface area contributed by atoms with E-state index in [0.717, 1.165) is 21.3 Å². The van der Waals surface area contributed by atoms with E-state index in [2.05, 4.69) is 75.4 Å². The van der Waals surface area contributed by atoms with Crippen LogP contribution in [0, 0.1) is 18.8 Å². The number of nitrogens with zero attached hydrogens (tertiary/aromatic N) is 3. The quantitative estimate of drug-likeness (QED) is 0.169. The molecule has 0 bridgehead atoms. The SMILES string of the molecule is [2H]C([2H])([2H])N1C=CN(c2[c-]c(Oc3[c-]c4c(-c5cc(C(C)(C)C)ccn5)c5c(cc4s3)sc3ccccc35)ccc2)[CH-]1.[Pt]. The van der Waals surface area contributed by atoms with Crippen LogP contribution in [0.5, 0.6) is 10.8 Å². The van der Waals surface area contributed by atoms with Crippen LogP contribution in [0.2, 0.25) is 0 Å². The second-order valence-corrected chi connectivity index (χ2v) is 12.6. The van der Waals surface area contributed by atoms with Gasteiger partial charge in [0.25, 0.3) is 0 Å². The fourth-order valence-corrected chi connectivity index (χ4v) is 7.02. The van der Waals surface area contributed by atoms with Gasteiger partial charge in [-0.3, -0.25) is 4.98 Å². The van der Waals surface area contributed by atoms with Crippen LogP contribution in [-0.4, -0.2) is 16.9 Å². The summed E-state index contributed by atoms with van der Waals surface area (Å²) in [4.78, 5) is 7.76. The maximum absolute atomic E-state index is 7.64. The Morgan fingerprint density at radius 1 is 0.950 bits per heavy atom. The Morgan fingerprint density at radius 3 is 2.65 bits per heavy atom. The number of benzene rings is 3. The van der Waals surface area contributed by atoms with Crippen molar-refractivity contribution in [3.05, 3.63) is 104 Å². The molecule has 204 valence electrons. The Balaban J connectivity index is 0.00000329. The van der Waals surface area contributed by atoms with E-state index in [-0.39, 0.29) is 26.5 Å². The third kappa shape index (κ3) is 4.83. The summed E-state index contributed by atoms with van der Waals surface area (Å²) in [6, 6.07) is 27.4. The van der Waals surface area contributed by atoms with Crippen LogP contribution < -0.4 is 9.64 Å². The van der Waals surface area contributed by atoms with Crippen LogP contribution in [0.15, 0.2) is 79.3 Å². The smallest absolute Gasteiger partial charge is 0.107 e. The van der Waals surface area contributed by atoms with Crippen LogP contribution in [-0.2, 0) is 26.5 Å². The van der Waals surface area contributed by atoms with Crippen molar-refractivity contribution in [3.63, 3.8) is 0 Å². The van der Waals surface area contributed by atoms with Gasteiger partial charge >= 0.3 is 0 Å². The Hall–Kier alpha value is -3.18. The summed E-state index contributed by atoms with van der Waals surface area (Å²) in [5.74, 6) is 0.520. The van der Waals surface area contributed by atoms with Crippen LogP contribution in [0.25, 0.3) is 41.5 Å². The molecule has 40 heavy (non-hydrogen) atoms. The molecule has 0 unspecified atom stereocenters. The van der Waals surface area contributed by atoms with Gasteiger partial charge in [0, 0.05) is 52.2 Å². The molecule has 7 rings (SSSR count). The first-order chi connectivity index (χ1) is 20.0. The normalized spacial score (nSPS) is 14.9. The standard InChI is InChI=1S/C33H26N3OS2.Pt/c1-33(2,3)21-12-13-34-26(16-21)31-25-18-30(37-23-9-7-8-22(17-23)36-15-14-35(4)20-36)39-28(25)19-29-32(31)24-10-5-6-11-27(24)38-29;/h5-16,19-20H,1-4H3;/q-3;/i4D3;. The Bertz CT molecular complexity index is 2010. The molecule has 0 radical (unpaired) electrons. The number of thiophene rings is 2. The van der Waals surface area contributed by atoms with Crippen molar-refractivity contribution in [3.8, 4) is 22.1 Å². The predicted octanol–water partition coefficient (Wildman–Crippen LogP) is 9.36. The molecule has 6 aromatic rings.